The van der Waals surface area contributed by atoms with Gasteiger partial charge in [0.05, 0.1) is 54.8 Å². The van der Waals surface area contributed by atoms with Crippen LogP contribution >= 0.6 is 0 Å². The molecule has 2 bridgehead atoms. The van der Waals surface area contributed by atoms with Crippen molar-refractivity contribution >= 4 is 46.5 Å². The van der Waals surface area contributed by atoms with E-state index in [4.69, 9.17) is 32.8 Å². The van der Waals surface area contributed by atoms with E-state index in [9.17, 15) is 59.1 Å². The van der Waals surface area contributed by atoms with E-state index in [2.05, 4.69) is 5.32 Å². The Labute approximate surface area is 499 Å². The molecule has 3 fully saturated rings. The number of ether oxygens (including phenoxy) is 6. The van der Waals surface area contributed by atoms with Crippen molar-refractivity contribution in [1.29, 1.82) is 0 Å². The number of phenolic OH excluding ortho intramolecular Hbond substituents is 1. The number of hydrogen-bond acceptors (Lipinski definition) is 18. The average Bonchev–Trinajstić information content (AvgIpc) is 0.815. The number of carbonyl (C=O) groups excluding carboxylic acids is 5. The summed E-state index contributed by atoms with van der Waals surface area (Å²) in [6, 6.07) is 12.1. The summed E-state index contributed by atoms with van der Waals surface area (Å²) in [6.45, 7) is 8.18. The van der Waals surface area contributed by atoms with Gasteiger partial charge >= 0.3 is 18.0 Å². The van der Waals surface area contributed by atoms with Gasteiger partial charge in [-0.2, -0.15) is 0 Å². The normalized spacial score (nSPS) is 30.5. The molecule has 0 spiro atoms. The standard InChI is InChI=1S/C65H82N2O19/c1-34-25-35(2)27-54(81-7)59-55(82-8)29-37(4)65(79,86-59)60(73)61(74)67-23-12-11-15-47(67)63(77)85-57(36(3)28-39-16-20-49(70)53(30-39)80-6)38(5)50(71)32-51(72)40(26-34)22-24-83-64(78)66-33-46-48(69)21-19-45-56(42-13-9-10-14-43(42)62(75)76)44-18-17-41(68)31-52(44)84-58(45)46/h9-10,13-14,17-19,21,26,28,31,34-35,37-39,47,49-50,53-55,57,59,69-71,79H,11-12,15-16,20,22-25,27,29-30,32-33H2,1-8H3,(H,66,78)(H,75,76)/t34?,35-,37+,38+,39?,47?,49+,50-,53+,54-,55-,57?,59+,65+/m0/s1. The summed E-state index contributed by atoms with van der Waals surface area (Å²) >= 11 is 0. The number of fused-ring (bicyclic) bond motifs is 5. The third-order valence-corrected chi connectivity index (χ3v) is 17.9. The summed E-state index contributed by atoms with van der Waals surface area (Å²) in [5, 5.41) is 59.4. The van der Waals surface area contributed by atoms with Crippen molar-refractivity contribution in [3.63, 3.8) is 0 Å². The first-order valence-electron chi connectivity index (χ1n) is 29.8. The number of aliphatic hydroxyl groups excluding tert-OH is 2. The Morgan fingerprint density at radius 2 is 1.56 bits per heavy atom. The minimum absolute atomic E-state index is 0.00557. The molecule has 466 valence electrons. The number of allylic oxidation sites excluding steroid dienone is 2. The Morgan fingerprint density at radius 1 is 0.837 bits per heavy atom. The first-order valence-corrected chi connectivity index (χ1v) is 29.8. The number of hydrogen-bond donors (Lipinski definition) is 6. The second-order valence-corrected chi connectivity index (χ2v) is 24.0. The van der Waals surface area contributed by atoms with Crippen LogP contribution in [0.25, 0.3) is 33.4 Å². The number of ketones is 2. The molecule has 14 atom stereocenters. The van der Waals surface area contributed by atoms with Gasteiger partial charge in [-0.1, -0.05) is 58.0 Å². The number of carboxylic acids is 1. The molecule has 2 saturated heterocycles. The van der Waals surface area contributed by atoms with Crippen LogP contribution in [-0.4, -0.2) is 155 Å². The van der Waals surface area contributed by atoms with Crippen LogP contribution in [0.1, 0.15) is 121 Å². The molecule has 6 N–H and O–H groups in total. The predicted molar refractivity (Wildman–Crippen MR) is 314 cm³/mol. The molecule has 0 radical (unpaired) electrons. The molecular formula is C65H82N2O19. The number of rotatable bonds is 12. The Kier molecular flexibility index (Phi) is 21.5. The number of alkyl carbamates (subject to hydrolysis) is 1. The van der Waals surface area contributed by atoms with Crippen molar-refractivity contribution < 1.29 is 87.1 Å². The van der Waals surface area contributed by atoms with Crippen molar-refractivity contribution in [1.82, 2.24) is 10.2 Å². The fourth-order valence-corrected chi connectivity index (χ4v) is 13.1. The average molecular weight is 1200 g/mol. The third-order valence-electron chi connectivity index (χ3n) is 17.9. The van der Waals surface area contributed by atoms with Crippen molar-refractivity contribution in [3.05, 3.63) is 99.2 Å². The number of esters is 1. The number of carbonyl (C=O) groups is 6. The van der Waals surface area contributed by atoms with E-state index >= 15 is 0 Å². The van der Waals surface area contributed by atoms with Crippen LogP contribution in [0.15, 0.2) is 87.1 Å². The number of aliphatic hydroxyl groups is 3. The Bertz CT molecular complexity index is 3220. The lowest BCUT2D eigenvalue weighted by Crippen LogP contribution is -2.64. The van der Waals surface area contributed by atoms with Gasteiger partial charge in [-0.3, -0.25) is 19.2 Å². The summed E-state index contributed by atoms with van der Waals surface area (Å²) in [5.74, 6) is -10.1. The molecule has 2 amide bonds. The highest BCUT2D eigenvalue weighted by molar-refractivity contribution is 6.39. The zero-order chi connectivity index (χ0) is 62.3. The Hall–Kier alpha value is -6.85. The van der Waals surface area contributed by atoms with Gasteiger partial charge in [-0.05, 0) is 130 Å². The van der Waals surface area contributed by atoms with Gasteiger partial charge in [0.25, 0.3) is 11.7 Å². The summed E-state index contributed by atoms with van der Waals surface area (Å²) in [4.78, 5) is 98.2. The van der Waals surface area contributed by atoms with Crippen LogP contribution in [0.5, 0.6) is 5.75 Å². The fourth-order valence-electron chi connectivity index (χ4n) is 13.1. The van der Waals surface area contributed by atoms with Crippen LogP contribution in [0, 0.1) is 29.6 Å². The molecule has 21 heteroatoms. The van der Waals surface area contributed by atoms with Gasteiger partial charge in [0, 0.05) is 75.1 Å². The fraction of sp³-hybridized carbons (Fsp3) is 0.554. The van der Waals surface area contributed by atoms with Crippen molar-refractivity contribution in [2.75, 3.05) is 34.5 Å². The molecule has 6 aliphatic rings. The maximum absolute atomic E-state index is 14.7. The number of cyclic esters (lactones) is 1. The van der Waals surface area contributed by atoms with Crippen LogP contribution in [-0.2, 0) is 54.1 Å². The number of benzene rings is 3. The molecule has 86 heavy (non-hydrogen) atoms. The molecule has 8 rings (SSSR count). The minimum Gasteiger partial charge on any atom is -0.507 e. The van der Waals surface area contributed by atoms with Gasteiger partial charge in [-0.25, -0.2) is 14.4 Å². The number of methoxy groups -OCH3 is 3. The lowest BCUT2D eigenvalue weighted by molar-refractivity contribution is -0.302. The number of amides is 2. The van der Waals surface area contributed by atoms with Crippen LogP contribution < -0.4 is 10.7 Å². The van der Waals surface area contributed by atoms with Crippen LogP contribution in [0.2, 0.25) is 0 Å². The zero-order valence-electron chi connectivity index (χ0n) is 50.2. The molecule has 2 aliphatic carbocycles. The number of phenols is 1. The summed E-state index contributed by atoms with van der Waals surface area (Å²) in [7, 11) is 4.47. The van der Waals surface area contributed by atoms with E-state index in [1.165, 1.54) is 51.7 Å². The molecule has 21 nitrogen and oxygen atoms in total. The minimum atomic E-state index is -2.62. The molecular weight excluding hydrogens is 1110 g/mol. The second kappa shape index (κ2) is 28.3. The Morgan fingerprint density at radius 3 is 2.28 bits per heavy atom. The topological polar surface area (TPSA) is 304 Å². The predicted octanol–water partition coefficient (Wildman–Crippen LogP) is 7.66. The van der Waals surface area contributed by atoms with Crippen molar-refractivity contribution in [2.45, 2.75) is 166 Å². The summed E-state index contributed by atoms with van der Waals surface area (Å²) in [5.41, 5.74) is 1.72. The van der Waals surface area contributed by atoms with E-state index in [0.717, 1.165) is 4.90 Å². The maximum Gasteiger partial charge on any atom is 0.407 e. The number of Topliss-reactive ketones (excluding diaryl/α,β-unsaturated/α-hetero) is 2. The number of aromatic hydroxyl groups is 1. The quantitative estimate of drug-likeness (QED) is 0.0343. The first kappa shape index (κ1) is 65.1. The monoisotopic (exact) mass is 1190 g/mol. The number of aromatic carboxylic acids is 1. The summed E-state index contributed by atoms with van der Waals surface area (Å²) < 4.78 is 42.0. The van der Waals surface area contributed by atoms with Gasteiger partial charge in [0.2, 0.25) is 5.79 Å². The maximum atomic E-state index is 14.7. The molecule has 4 aliphatic heterocycles. The number of nitrogens with one attached hydrogen (secondary N) is 1. The van der Waals surface area contributed by atoms with Gasteiger partial charge in [0.1, 0.15) is 35.3 Å². The van der Waals surface area contributed by atoms with Gasteiger partial charge in [0.15, 0.2) is 11.2 Å². The second-order valence-electron chi connectivity index (χ2n) is 24.0. The highest BCUT2D eigenvalue weighted by Crippen LogP contribution is 2.44. The van der Waals surface area contributed by atoms with Crippen LogP contribution in [0.3, 0.4) is 0 Å². The molecule has 1 saturated carbocycles. The SMILES string of the molecule is CO[C@H]1C[C@@H](C)CC(C)C=C(CCOC(=O)NCc2c(O)ccc3c(-c4ccccc4C(=O)O)c4ccc(=O)cc-4oc23)C(=O)C[C@H](O)[C@@H](C)C(C(C)=CC2CC[C@@H](O)[C@H](OC)C2)OC(=O)C2CCCCN2C(=O)C(=O)[C@]2(O)O[C@H]1[C@@H](OC)C[C@H]2C. The van der Waals surface area contributed by atoms with E-state index in [-0.39, 0.29) is 95.9 Å². The van der Waals surface area contributed by atoms with Crippen molar-refractivity contribution in [2.24, 2.45) is 29.6 Å². The van der Waals surface area contributed by atoms with Crippen LogP contribution in [0.4, 0.5) is 4.79 Å². The highest BCUT2D eigenvalue weighted by Gasteiger charge is 2.57. The first-order chi connectivity index (χ1) is 41.0. The van der Waals surface area contributed by atoms with E-state index < -0.39 is 108 Å². The van der Waals surface area contributed by atoms with Gasteiger partial charge in [-0.15, -0.1) is 0 Å². The van der Waals surface area contributed by atoms with Crippen molar-refractivity contribution in [3.8, 4) is 28.2 Å². The number of carboxylic acid groups (broad SMARTS) is 1. The molecule has 4 heterocycles. The largest absolute Gasteiger partial charge is 0.507 e. The lowest BCUT2D eigenvalue weighted by atomic mass is 9.81. The lowest BCUT2D eigenvalue weighted by Gasteiger charge is -2.47. The van der Waals surface area contributed by atoms with E-state index in [1.807, 2.05) is 19.9 Å². The summed E-state index contributed by atoms with van der Waals surface area (Å²) in [6.07, 6.45) is -0.468. The molecule has 2 aromatic carbocycles. The molecule has 0 aromatic heterocycles. The van der Waals surface area contributed by atoms with E-state index in [1.54, 1.807) is 51.1 Å². The highest BCUT2D eigenvalue weighted by atomic mass is 16.7. The third kappa shape index (κ3) is 14.4. The van der Waals surface area contributed by atoms with Gasteiger partial charge < -0.3 is 68.6 Å². The zero-order valence-corrected chi connectivity index (χ0v) is 50.2. The number of nitrogens with zero attached hydrogens (tertiary/aromatic N) is 1. The Balaban J connectivity index is 1.09. The smallest absolute Gasteiger partial charge is 0.407 e. The van der Waals surface area contributed by atoms with E-state index in [0.29, 0.717) is 72.6 Å². The molecule has 2 aromatic rings. The molecule has 4 unspecified atom stereocenters. The number of piperidine rings is 1.